The van der Waals surface area contributed by atoms with Gasteiger partial charge in [-0.2, -0.15) is 0 Å². The van der Waals surface area contributed by atoms with Crippen LogP contribution >= 0.6 is 0 Å². The summed E-state index contributed by atoms with van der Waals surface area (Å²) in [5.41, 5.74) is 0.734. The second kappa shape index (κ2) is 7.99. The highest BCUT2D eigenvalue weighted by atomic mass is 16.5. The lowest BCUT2D eigenvalue weighted by Crippen LogP contribution is -2.50. The van der Waals surface area contributed by atoms with Crippen LogP contribution in [0.25, 0.3) is 0 Å². The number of ether oxygens (including phenoxy) is 2. The van der Waals surface area contributed by atoms with Crippen molar-refractivity contribution in [2.24, 2.45) is 0 Å². The lowest BCUT2D eigenvalue weighted by molar-refractivity contribution is 0.0594. The first-order chi connectivity index (χ1) is 11.6. The standard InChI is InChI=1S/C19H28N2O3/c1-15(2)20-9-11-21(12-10-20)19(22)16-5-7-17(8-6-16)24-14-18-4-3-13-23-18/h5-8,15,18H,3-4,9-14H2,1-2H3. The van der Waals surface area contributed by atoms with E-state index in [1.54, 1.807) is 0 Å². The van der Waals surface area contributed by atoms with Crippen molar-refractivity contribution in [2.45, 2.75) is 38.8 Å². The summed E-state index contributed by atoms with van der Waals surface area (Å²) < 4.78 is 11.3. The molecule has 1 unspecified atom stereocenters. The van der Waals surface area contributed by atoms with E-state index in [1.165, 1.54) is 0 Å². The summed E-state index contributed by atoms with van der Waals surface area (Å²) in [5.74, 6) is 0.913. The molecule has 2 saturated heterocycles. The second-order valence-electron chi connectivity index (χ2n) is 6.89. The third-order valence-corrected chi connectivity index (χ3v) is 4.89. The average molecular weight is 332 g/mol. The van der Waals surface area contributed by atoms with Crippen molar-refractivity contribution in [3.05, 3.63) is 29.8 Å². The van der Waals surface area contributed by atoms with Crippen molar-refractivity contribution in [1.29, 1.82) is 0 Å². The number of amides is 1. The van der Waals surface area contributed by atoms with Crippen LogP contribution in [0.2, 0.25) is 0 Å². The third kappa shape index (κ3) is 4.28. The van der Waals surface area contributed by atoms with E-state index in [-0.39, 0.29) is 12.0 Å². The molecule has 0 bridgehead atoms. The number of hydrogen-bond donors (Lipinski definition) is 0. The summed E-state index contributed by atoms with van der Waals surface area (Å²) in [6.45, 7) is 9.33. The zero-order valence-corrected chi connectivity index (χ0v) is 14.7. The predicted molar refractivity (Wildman–Crippen MR) is 93.5 cm³/mol. The van der Waals surface area contributed by atoms with Crippen molar-refractivity contribution < 1.29 is 14.3 Å². The van der Waals surface area contributed by atoms with Crippen LogP contribution in [0.15, 0.2) is 24.3 Å². The molecule has 0 radical (unpaired) electrons. The third-order valence-electron chi connectivity index (χ3n) is 4.89. The molecular weight excluding hydrogens is 304 g/mol. The van der Waals surface area contributed by atoms with Gasteiger partial charge in [0.05, 0.1) is 6.10 Å². The SMILES string of the molecule is CC(C)N1CCN(C(=O)c2ccc(OCC3CCCO3)cc2)CC1. The highest BCUT2D eigenvalue weighted by Gasteiger charge is 2.23. The largest absolute Gasteiger partial charge is 0.491 e. The minimum Gasteiger partial charge on any atom is -0.491 e. The molecule has 0 aliphatic carbocycles. The summed E-state index contributed by atoms with van der Waals surface area (Å²) in [7, 11) is 0. The quantitative estimate of drug-likeness (QED) is 0.830. The summed E-state index contributed by atoms with van der Waals surface area (Å²) in [5, 5.41) is 0. The molecule has 3 rings (SSSR count). The number of piperazine rings is 1. The van der Waals surface area contributed by atoms with E-state index in [4.69, 9.17) is 9.47 Å². The van der Waals surface area contributed by atoms with E-state index in [0.29, 0.717) is 12.6 Å². The molecule has 2 aliphatic rings. The van der Waals surface area contributed by atoms with E-state index >= 15 is 0 Å². The van der Waals surface area contributed by atoms with Gasteiger partial charge in [-0.1, -0.05) is 0 Å². The highest BCUT2D eigenvalue weighted by molar-refractivity contribution is 5.94. The summed E-state index contributed by atoms with van der Waals surface area (Å²) in [6.07, 6.45) is 2.40. The Morgan fingerprint density at radius 2 is 1.92 bits per heavy atom. The topological polar surface area (TPSA) is 42.0 Å². The average Bonchev–Trinajstić information content (AvgIpc) is 3.13. The first kappa shape index (κ1) is 17.2. The fraction of sp³-hybridized carbons (Fsp3) is 0.632. The highest BCUT2D eigenvalue weighted by Crippen LogP contribution is 2.18. The first-order valence-electron chi connectivity index (χ1n) is 9.01. The molecule has 5 heteroatoms. The molecule has 132 valence electrons. The van der Waals surface area contributed by atoms with Crippen molar-refractivity contribution in [2.75, 3.05) is 39.4 Å². The Kier molecular flexibility index (Phi) is 5.74. The molecular formula is C19H28N2O3. The lowest BCUT2D eigenvalue weighted by Gasteiger charge is -2.37. The summed E-state index contributed by atoms with van der Waals surface area (Å²) in [4.78, 5) is 17.0. The molecule has 24 heavy (non-hydrogen) atoms. The molecule has 1 aromatic rings. The van der Waals surface area contributed by atoms with Crippen LogP contribution < -0.4 is 4.74 Å². The number of rotatable bonds is 5. The van der Waals surface area contributed by atoms with Gasteiger partial charge in [0.2, 0.25) is 0 Å². The van der Waals surface area contributed by atoms with E-state index in [0.717, 1.165) is 56.9 Å². The van der Waals surface area contributed by atoms with Gasteiger partial charge in [-0.3, -0.25) is 9.69 Å². The van der Waals surface area contributed by atoms with Crippen LogP contribution in [-0.2, 0) is 4.74 Å². The summed E-state index contributed by atoms with van der Waals surface area (Å²) in [6, 6.07) is 8.03. The number of carbonyl (C=O) groups is 1. The molecule has 0 aromatic heterocycles. The van der Waals surface area contributed by atoms with Crippen LogP contribution in [-0.4, -0.2) is 67.2 Å². The van der Waals surface area contributed by atoms with Crippen LogP contribution in [0.5, 0.6) is 5.75 Å². The molecule has 0 saturated carbocycles. The van der Waals surface area contributed by atoms with Crippen molar-refractivity contribution in [1.82, 2.24) is 9.80 Å². The van der Waals surface area contributed by atoms with Gasteiger partial charge in [-0.15, -0.1) is 0 Å². The Labute approximate surface area is 144 Å². The first-order valence-corrected chi connectivity index (χ1v) is 9.01. The smallest absolute Gasteiger partial charge is 0.253 e. The second-order valence-corrected chi connectivity index (χ2v) is 6.89. The number of carbonyl (C=O) groups excluding carboxylic acids is 1. The Morgan fingerprint density at radius 1 is 1.21 bits per heavy atom. The van der Waals surface area contributed by atoms with Gasteiger partial charge < -0.3 is 14.4 Å². The van der Waals surface area contributed by atoms with Crippen molar-refractivity contribution in [3.8, 4) is 5.75 Å². The lowest BCUT2D eigenvalue weighted by atomic mass is 10.1. The Bertz CT molecular complexity index is 530. The van der Waals surface area contributed by atoms with Gasteiger partial charge in [0.1, 0.15) is 12.4 Å². The minimum absolute atomic E-state index is 0.115. The van der Waals surface area contributed by atoms with Crippen molar-refractivity contribution in [3.63, 3.8) is 0 Å². The van der Waals surface area contributed by atoms with E-state index < -0.39 is 0 Å². The summed E-state index contributed by atoms with van der Waals surface area (Å²) >= 11 is 0. The maximum absolute atomic E-state index is 12.6. The maximum Gasteiger partial charge on any atom is 0.253 e. The molecule has 5 nitrogen and oxygen atoms in total. The van der Waals surface area contributed by atoms with Crippen LogP contribution in [0.4, 0.5) is 0 Å². The number of nitrogens with zero attached hydrogens (tertiary/aromatic N) is 2. The fourth-order valence-corrected chi connectivity index (χ4v) is 3.28. The number of benzene rings is 1. The molecule has 2 heterocycles. The molecule has 2 aliphatic heterocycles. The predicted octanol–water partition coefficient (Wildman–Crippen LogP) is 2.41. The van der Waals surface area contributed by atoms with Gasteiger partial charge >= 0.3 is 0 Å². The zero-order chi connectivity index (χ0) is 16.9. The fourth-order valence-electron chi connectivity index (χ4n) is 3.28. The molecule has 0 spiro atoms. The van der Waals surface area contributed by atoms with Gasteiger partial charge in [0.15, 0.2) is 0 Å². The molecule has 1 atom stereocenters. The Hall–Kier alpha value is -1.59. The number of hydrogen-bond acceptors (Lipinski definition) is 4. The molecule has 1 amide bonds. The minimum atomic E-state index is 0.115. The van der Waals surface area contributed by atoms with Gasteiger partial charge in [0, 0.05) is 44.4 Å². The van der Waals surface area contributed by atoms with E-state index in [2.05, 4.69) is 18.7 Å². The van der Waals surface area contributed by atoms with Crippen LogP contribution in [0.1, 0.15) is 37.0 Å². The Balaban J connectivity index is 1.50. The molecule has 1 aromatic carbocycles. The normalized spacial score (nSPS) is 22.1. The maximum atomic E-state index is 12.6. The van der Waals surface area contributed by atoms with Gasteiger partial charge in [-0.25, -0.2) is 0 Å². The zero-order valence-electron chi connectivity index (χ0n) is 14.7. The van der Waals surface area contributed by atoms with E-state index in [9.17, 15) is 4.79 Å². The van der Waals surface area contributed by atoms with Crippen LogP contribution in [0, 0.1) is 0 Å². The Morgan fingerprint density at radius 3 is 2.50 bits per heavy atom. The molecule has 0 N–H and O–H groups in total. The van der Waals surface area contributed by atoms with Gasteiger partial charge in [0.25, 0.3) is 5.91 Å². The van der Waals surface area contributed by atoms with Crippen molar-refractivity contribution >= 4 is 5.91 Å². The van der Waals surface area contributed by atoms with Gasteiger partial charge in [-0.05, 0) is 51.0 Å². The van der Waals surface area contributed by atoms with E-state index in [1.807, 2.05) is 29.2 Å². The monoisotopic (exact) mass is 332 g/mol. The molecule has 2 fully saturated rings. The van der Waals surface area contributed by atoms with Crippen LogP contribution in [0.3, 0.4) is 0 Å².